The summed E-state index contributed by atoms with van der Waals surface area (Å²) in [6, 6.07) is -2.86. The maximum Gasteiger partial charge on any atom is 0.470 e. The van der Waals surface area contributed by atoms with E-state index in [0.29, 0.717) is 32.1 Å². The van der Waals surface area contributed by atoms with E-state index in [0.717, 1.165) is 96.3 Å². The van der Waals surface area contributed by atoms with Gasteiger partial charge in [-0.3, -0.25) is 18.9 Å². The molecule has 0 saturated carbocycles. The first-order valence-electron chi connectivity index (χ1n) is 35.0. The minimum atomic E-state index is -5.32. The molecular weight excluding hydrogens is 1120 g/mol. The van der Waals surface area contributed by atoms with E-state index in [-0.39, 0.29) is 25.9 Å². The van der Waals surface area contributed by atoms with Crippen molar-refractivity contribution in [3.05, 3.63) is 0 Å². The van der Waals surface area contributed by atoms with Crippen molar-refractivity contribution in [2.24, 2.45) is 0 Å². The van der Waals surface area contributed by atoms with Crippen molar-refractivity contribution in [1.29, 1.82) is 0 Å². The molecule has 0 spiro atoms. The Labute approximate surface area is 520 Å². The minimum absolute atomic E-state index is 0.200. The van der Waals surface area contributed by atoms with Crippen molar-refractivity contribution in [3.8, 4) is 0 Å². The third-order valence-corrected chi connectivity index (χ3v) is 17.6. The molecule has 2 amide bonds. The molecular formula is C66H127N2O17P. The fourth-order valence-electron chi connectivity index (χ4n) is 11.8. The molecule has 0 unspecified atom stereocenters. The van der Waals surface area contributed by atoms with Crippen molar-refractivity contribution >= 4 is 25.6 Å². The maximum atomic E-state index is 14.1. The summed E-state index contributed by atoms with van der Waals surface area (Å²) in [6.45, 7) is 7.53. The van der Waals surface area contributed by atoms with Crippen molar-refractivity contribution < 1.29 is 82.5 Å². The number of aliphatic hydroxyl groups is 5. The molecule has 0 radical (unpaired) electrons. The van der Waals surface area contributed by atoms with E-state index in [1.807, 2.05) is 0 Å². The largest absolute Gasteiger partial charge is 0.470 e. The molecule has 508 valence electrons. The highest BCUT2D eigenvalue weighted by molar-refractivity contribution is 7.46. The van der Waals surface area contributed by atoms with Crippen LogP contribution in [-0.4, -0.2) is 146 Å². The van der Waals surface area contributed by atoms with Crippen molar-refractivity contribution in [2.45, 2.75) is 384 Å². The highest BCUT2D eigenvalue weighted by Crippen LogP contribution is 2.42. The number of rotatable bonds is 57. The van der Waals surface area contributed by atoms with Gasteiger partial charge >= 0.3 is 13.8 Å². The number of nitrogens with one attached hydrogen (secondary N) is 2. The molecule has 0 aromatic heterocycles. The van der Waals surface area contributed by atoms with Crippen LogP contribution < -0.4 is 10.6 Å². The van der Waals surface area contributed by atoms with Crippen LogP contribution in [0.4, 0.5) is 0 Å². The Hall–Kier alpha value is -1.84. The molecule has 9 N–H and O–H groups in total. The number of carbonyl (C=O) groups is 3. The third-order valence-electron chi connectivity index (χ3n) is 17.1. The Kier molecular flexibility index (Phi) is 48.3. The second-order valence-corrected chi connectivity index (χ2v) is 26.3. The summed E-state index contributed by atoms with van der Waals surface area (Å²) in [5.41, 5.74) is 0. The first-order chi connectivity index (χ1) is 41.6. The number of phosphoric acid groups is 1. The number of ether oxygens (including phenoxy) is 5. The number of carbonyl (C=O) groups excluding carboxylic acids is 3. The Bertz CT molecular complexity index is 1700. The zero-order valence-electron chi connectivity index (χ0n) is 54.3. The van der Waals surface area contributed by atoms with Crippen LogP contribution in [0.5, 0.6) is 0 Å². The van der Waals surface area contributed by atoms with Gasteiger partial charge in [0, 0.05) is 13.0 Å². The molecule has 2 fully saturated rings. The van der Waals surface area contributed by atoms with Crippen LogP contribution in [0.15, 0.2) is 0 Å². The van der Waals surface area contributed by atoms with Crippen LogP contribution in [0.1, 0.15) is 310 Å². The highest BCUT2D eigenvalue weighted by atomic mass is 31.2. The SMILES string of the molecule is CCCCCCCCCCCCCCO[C@H]1O[C@H](CO[C@@H]2O[C@H](CO)[C@@H](OP(=O)(O)O)[C@H](O)[C@H]2NC(=O)C[C@@H](CCCCCCCCCCC)OC(=O)CCCCCCCCCCC)[C@@H](O)[C@H](O)[C@H]1NC(=O)C[C@H](O)CCCCCCCCCCC. The van der Waals surface area contributed by atoms with Crippen LogP contribution in [0.2, 0.25) is 0 Å². The molecule has 86 heavy (non-hydrogen) atoms. The number of hydrogen-bond acceptors (Lipinski definition) is 15. The van der Waals surface area contributed by atoms with Crippen LogP contribution >= 0.6 is 7.82 Å². The monoisotopic (exact) mass is 1250 g/mol. The Balaban J connectivity index is 2.24. The van der Waals surface area contributed by atoms with E-state index in [1.165, 1.54) is 135 Å². The number of phosphoric ester groups is 1. The molecule has 0 aromatic rings. The molecule has 2 aliphatic heterocycles. The first-order valence-corrected chi connectivity index (χ1v) is 36.5. The van der Waals surface area contributed by atoms with E-state index < -0.39 is 112 Å². The van der Waals surface area contributed by atoms with Gasteiger partial charge in [0.1, 0.15) is 54.8 Å². The van der Waals surface area contributed by atoms with Gasteiger partial charge in [-0.05, 0) is 32.1 Å². The van der Waals surface area contributed by atoms with Gasteiger partial charge in [-0.25, -0.2) is 4.57 Å². The number of aliphatic hydroxyl groups excluding tert-OH is 5. The smallest absolute Gasteiger partial charge is 0.462 e. The average Bonchev–Trinajstić information content (AvgIpc) is 1.30. The standard InChI is InChI=1S/C66H127N2O17P/c1-5-9-13-17-21-25-26-27-31-35-39-43-47-80-65-59(67-56(71)48-52(70)44-40-36-32-28-22-18-14-10-6-2)62(75)61(74)55(84-65)51-81-66-60(63(76)64(54(50-69)83-66)85-86(77,78)79)68-57(72)49-53(45-41-37-33-29-23-19-15-11-7-3)82-58(73)46-42-38-34-30-24-20-16-12-8-4/h52-55,59-66,69-70,74-76H,5-51H2,1-4H3,(H,67,71)(H,68,72)(H2,77,78,79)/t52-,53-,54-,55-,59-,60-,61-,62-,63-,64-,65+,66-/m1/s1. The van der Waals surface area contributed by atoms with E-state index >= 15 is 0 Å². The van der Waals surface area contributed by atoms with E-state index in [4.69, 9.17) is 28.2 Å². The zero-order valence-corrected chi connectivity index (χ0v) is 55.2. The van der Waals surface area contributed by atoms with Gasteiger partial charge in [-0.15, -0.1) is 0 Å². The third kappa shape index (κ3) is 38.8. The zero-order chi connectivity index (χ0) is 63.1. The van der Waals surface area contributed by atoms with Gasteiger partial charge in [-0.2, -0.15) is 0 Å². The topological polar surface area (TPSA) is 289 Å². The first kappa shape index (κ1) is 80.3. The quantitative estimate of drug-likeness (QED) is 0.0155. The molecule has 0 bridgehead atoms. The number of amides is 2. The second kappa shape index (κ2) is 51.7. The molecule has 2 saturated heterocycles. The molecule has 2 heterocycles. The van der Waals surface area contributed by atoms with E-state index in [2.05, 4.69) is 38.3 Å². The summed E-state index contributed by atoms with van der Waals surface area (Å²) in [7, 11) is -5.32. The molecule has 2 rings (SSSR count). The molecule has 0 aromatic carbocycles. The summed E-state index contributed by atoms with van der Waals surface area (Å²) in [5.74, 6) is -1.68. The van der Waals surface area contributed by atoms with Crippen molar-refractivity contribution in [2.75, 3.05) is 19.8 Å². The number of hydrogen-bond donors (Lipinski definition) is 9. The summed E-state index contributed by atoms with van der Waals surface area (Å²) >= 11 is 0. The van der Waals surface area contributed by atoms with Crippen LogP contribution in [0.25, 0.3) is 0 Å². The summed E-state index contributed by atoms with van der Waals surface area (Å²) in [6.07, 6.45) is 28.6. The van der Waals surface area contributed by atoms with Gasteiger partial charge < -0.3 is 69.6 Å². The van der Waals surface area contributed by atoms with Crippen LogP contribution in [0.3, 0.4) is 0 Å². The average molecular weight is 1250 g/mol. The molecule has 12 atom stereocenters. The van der Waals surface area contributed by atoms with Gasteiger partial charge in [-0.1, -0.05) is 259 Å². The van der Waals surface area contributed by atoms with Gasteiger partial charge in [0.2, 0.25) is 11.8 Å². The Morgan fingerprint density at radius 2 is 0.860 bits per heavy atom. The molecule has 20 heteroatoms. The normalized spacial score (nSPS) is 23.3. The van der Waals surface area contributed by atoms with Crippen LogP contribution in [-0.2, 0) is 47.2 Å². The fourth-order valence-corrected chi connectivity index (χ4v) is 12.3. The van der Waals surface area contributed by atoms with Crippen molar-refractivity contribution in [3.63, 3.8) is 0 Å². The molecule has 0 aliphatic carbocycles. The number of unbranched alkanes of at least 4 members (excludes halogenated alkanes) is 35. The van der Waals surface area contributed by atoms with E-state index in [1.54, 1.807) is 0 Å². The van der Waals surface area contributed by atoms with Crippen molar-refractivity contribution in [1.82, 2.24) is 10.6 Å². The predicted octanol–water partition coefficient (Wildman–Crippen LogP) is 12.5. The summed E-state index contributed by atoms with van der Waals surface area (Å²) in [5, 5.41) is 61.7. The van der Waals surface area contributed by atoms with Gasteiger partial charge in [0.15, 0.2) is 12.6 Å². The lowest BCUT2D eigenvalue weighted by Gasteiger charge is -2.45. The highest BCUT2D eigenvalue weighted by Gasteiger charge is 2.51. The fraction of sp³-hybridized carbons (Fsp3) is 0.955. The maximum absolute atomic E-state index is 14.1. The lowest BCUT2D eigenvalue weighted by atomic mass is 9.95. The van der Waals surface area contributed by atoms with Crippen LogP contribution in [0, 0.1) is 0 Å². The van der Waals surface area contributed by atoms with Gasteiger partial charge in [0.25, 0.3) is 0 Å². The lowest BCUT2D eigenvalue weighted by molar-refractivity contribution is -0.302. The minimum Gasteiger partial charge on any atom is -0.462 e. The molecule has 19 nitrogen and oxygen atoms in total. The molecule has 2 aliphatic rings. The van der Waals surface area contributed by atoms with E-state index in [9.17, 15) is 54.3 Å². The predicted molar refractivity (Wildman–Crippen MR) is 337 cm³/mol. The van der Waals surface area contributed by atoms with Gasteiger partial charge in [0.05, 0.1) is 32.2 Å². The Morgan fingerprint density at radius 1 is 0.477 bits per heavy atom. The Morgan fingerprint density at radius 3 is 1.31 bits per heavy atom. The summed E-state index contributed by atoms with van der Waals surface area (Å²) < 4.78 is 47.7. The summed E-state index contributed by atoms with van der Waals surface area (Å²) in [4.78, 5) is 60.6. The lowest BCUT2D eigenvalue weighted by Crippen LogP contribution is -2.67. The second-order valence-electron chi connectivity index (χ2n) is 25.1. The number of esters is 1.